The Hall–Kier alpha value is -3.19. The molecule has 140 valence electrons. The summed E-state index contributed by atoms with van der Waals surface area (Å²) in [4.78, 5) is 36.6. The Kier molecular flexibility index (Phi) is 5.83. The van der Waals surface area contributed by atoms with E-state index in [2.05, 4.69) is 5.32 Å². The molecule has 2 aromatic carbocycles. The van der Waals surface area contributed by atoms with Crippen LogP contribution in [0.3, 0.4) is 0 Å². The van der Waals surface area contributed by atoms with Crippen molar-refractivity contribution in [2.45, 2.75) is 6.92 Å². The third kappa shape index (κ3) is 4.51. The highest BCUT2D eigenvalue weighted by Crippen LogP contribution is 2.22. The highest BCUT2D eigenvalue weighted by molar-refractivity contribution is 6.21. The van der Waals surface area contributed by atoms with Crippen LogP contribution in [0.2, 0.25) is 0 Å². The second-order valence-corrected chi connectivity index (χ2v) is 5.97. The molecule has 1 aliphatic heterocycles. The number of ether oxygens (including phenoxy) is 2. The summed E-state index contributed by atoms with van der Waals surface area (Å²) in [5.74, 6) is -0.0346. The van der Waals surface area contributed by atoms with Crippen LogP contribution in [0.4, 0.5) is 5.69 Å². The van der Waals surface area contributed by atoms with Crippen molar-refractivity contribution in [2.75, 3.05) is 31.7 Å². The quantitative estimate of drug-likeness (QED) is 0.571. The number of rotatable bonds is 8. The molecule has 0 aliphatic carbocycles. The van der Waals surface area contributed by atoms with Crippen molar-refractivity contribution in [2.24, 2.45) is 0 Å². The molecule has 0 radical (unpaired) electrons. The van der Waals surface area contributed by atoms with Gasteiger partial charge in [-0.3, -0.25) is 19.3 Å². The van der Waals surface area contributed by atoms with Gasteiger partial charge in [0.05, 0.1) is 30.9 Å². The van der Waals surface area contributed by atoms with Crippen molar-refractivity contribution in [3.63, 3.8) is 0 Å². The average molecular weight is 368 g/mol. The lowest BCUT2D eigenvalue weighted by Gasteiger charge is -2.14. The molecule has 0 atom stereocenters. The highest BCUT2D eigenvalue weighted by Gasteiger charge is 2.34. The molecule has 0 fully saturated rings. The van der Waals surface area contributed by atoms with Crippen molar-refractivity contribution >= 4 is 23.4 Å². The lowest BCUT2D eigenvalue weighted by Crippen LogP contribution is -2.33. The predicted octanol–water partition coefficient (Wildman–Crippen LogP) is 2.34. The first-order chi connectivity index (χ1) is 13.1. The number of anilines is 1. The van der Waals surface area contributed by atoms with Crippen LogP contribution >= 0.6 is 0 Å². The number of nitrogens with zero attached hydrogens (tertiary/aromatic N) is 1. The molecule has 1 heterocycles. The van der Waals surface area contributed by atoms with Crippen molar-refractivity contribution in [1.82, 2.24) is 4.90 Å². The van der Waals surface area contributed by atoms with Crippen molar-refractivity contribution < 1.29 is 23.9 Å². The summed E-state index contributed by atoms with van der Waals surface area (Å²) in [6, 6.07) is 13.8. The number of carbonyl (C=O) groups is 3. The molecule has 0 spiro atoms. The molecule has 7 nitrogen and oxygen atoms in total. The van der Waals surface area contributed by atoms with E-state index in [1.165, 1.54) is 11.8 Å². The van der Waals surface area contributed by atoms with Crippen LogP contribution in [0.15, 0.2) is 48.5 Å². The Balaban J connectivity index is 1.36. The van der Waals surface area contributed by atoms with E-state index in [1.807, 2.05) is 0 Å². The number of carbonyl (C=O) groups excluding carboxylic acids is 3. The van der Waals surface area contributed by atoms with Gasteiger partial charge in [0.1, 0.15) is 12.4 Å². The van der Waals surface area contributed by atoms with Crippen LogP contribution in [-0.4, -0.2) is 49.0 Å². The maximum Gasteiger partial charge on any atom is 0.261 e. The predicted molar refractivity (Wildman–Crippen MR) is 98.9 cm³/mol. The second-order valence-electron chi connectivity index (χ2n) is 5.97. The second kappa shape index (κ2) is 8.46. The summed E-state index contributed by atoms with van der Waals surface area (Å²) in [5, 5.41) is 2.68. The molecule has 0 saturated heterocycles. The highest BCUT2D eigenvalue weighted by atomic mass is 16.5. The van der Waals surface area contributed by atoms with Gasteiger partial charge in [-0.25, -0.2) is 0 Å². The molecule has 0 aromatic heterocycles. The molecule has 3 rings (SSSR count). The minimum absolute atomic E-state index is 0.130. The summed E-state index contributed by atoms with van der Waals surface area (Å²) in [6.45, 7) is 2.57. The van der Waals surface area contributed by atoms with Gasteiger partial charge in [-0.1, -0.05) is 12.1 Å². The van der Waals surface area contributed by atoms with E-state index < -0.39 is 0 Å². The lowest BCUT2D eigenvalue weighted by atomic mass is 10.1. The third-order valence-electron chi connectivity index (χ3n) is 4.01. The molecule has 0 bridgehead atoms. The average Bonchev–Trinajstić information content (AvgIpc) is 2.90. The molecule has 2 aromatic rings. The van der Waals surface area contributed by atoms with Crippen LogP contribution in [0.5, 0.6) is 5.75 Å². The van der Waals surface area contributed by atoms with Gasteiger partial charge >= 0.3 is 0 Å². The van der Waals surface area contributed by atoms with Gasteiger partial charge in [0.2, 0.25) is 5.91 Å². The Morgan fingerprint density at radius 1 is 0.926 bits per heavy atom. The maximum atomic E-state index is 12.2. The van der Waals surface area contributed by atoms with Gasteiger partial charge in [0.25, 0.3) is 11.8 Å². The number of hydrogen-bond donors (Lipinski definition) is 1. The van der Waals surface area contributed by atoms with Crippen LogP contribution in [-0.2, 0) is 9.53 Å². The summed E-state index contributed by atoms with van der Waals surface area (Å²) in [6.07, 6.45) is 0. The molecule has 1 N–H and O–H groups in total. The van der Waals surface area contributed by atoms with Crippen molar-refractivity contribution in [3.05, 3.63) is 59.7 Å². The van der Waals surface area contributed by atoms with Gasteiger partial charge < -0.3 is 14.8 Å². The zero-order valence-electron chi connectivity index (χ0n) is 14.9. The normalized spacial score (nSPS) is 12.9. The number of fused-ring (bicyclic) bond motifs is 1. The van der Waals surface area contributed by atoms with E-state index in [4.69, 9.17) is 9.47 Å². The van der Waals surface area contributed by atoms with E-state index >= 15 is 0 Å². The van der Waals surface area contributed by atoms with Gasteiger partial charge in [-0.15, -0.1) is 0 Å². The maximum absolute atomic E-state index is 12.2. The van der Waals surface area contributed by atoms with E-state index in [0.717, 1.165) is 0 Å². The van der Waals surface area contributed by atoms with E-state index in [-0.39, 0.29) is 30.9 Å². The Bertz CT molecular complexity index is 813. The fraction of sp³-hybridized carbons (Fsp3) is 0.250. The Labute approximate surface area is 156 Å². The molecule has 1 aliphatic rings. The fourth-order valence-corrected chi connectivity index (χ4v) is 2.76. The van der Waals surface area contributed by atoms with Gasteiger partial charge in [-0.2, -0.15) is 0 Å². The lowest BCUT2D eigenvalue weighted by molar-refractivity contribution is -0.114. The van der Waals surface area contributed by atoms with Crippen LogP contribution in [0.25, 0.3) is 0 Å². The summed E-state index contributed by atoms with van der Waals surface area (Å²) < 4.78 is 11.0. The zero-order valence-corrected chi connectivity index (χ0v) is 14.9. The van der Waals surface area contributed by atoms with Crippen LogP contribution < -0.4 is 10.1 Å². The summed E-state index contributed by atoms with van der Waals surface area (Å²) in [5.41, 5.74) is 1.58. The van der Waals surface area contributed by atoms with Crippen LogP contribution in [0.1, 0.15) is 27.6 Å². The number of hydrogen-bond acceptors (Lipinski definition) is 5. The molecular weight excluding hydrogens is 348 g/mol. The first-order valence-electron chi connectivity index (χ1n) is 8.59. The minimum atomic E-state index is -0.283. The first-order valence-corrected chi connectivity index (χ1v) is 8.59. The fourth-order valence-electron chi connectivity index (χ4n) is 2.76. The molecule has 7 heteroatoms. The minimum Gasteiger partial charge on any atom is -0.491 e. The van der Waals surface area contributed by atoms with Crippen LogP contribution in [0, 0.1) is 0 Å². The number of imide groups is 1. The number of amides is 3. The topological polar surface area (TPSA) is 84.9 Å². The van der Waals surface area contributed by atoms with E-state index in [9.17, 15) is 14.4 Å². The molecule has 0 saturated carbocycles. The SMILES string of the molecule is CC(=O)Nc1ccc(OCCOCCN2C(=O)c3ccccc3C2=O)cc1. The van der Waals surface area contributed by atoms with Crippen molar-refractivity contribution in [3.8, 4) is 5.75 Å². The molecular formula is C20H20N2O5. The largest absolute Gasteiger partial charge is 0.491 e. The number of nitrogens with one attached hydrogen (secondary N) is 1. The standard InChI is InChI=1S/C20H20N2O5/c1-14(23)21-15-6-8-16(9-7-15)27-13-12-26-11-10-22-19(24)17-4-2-3-5-18(17)20(22)25/h2-9H,10-13H2,1H3,(H,21,23). The first kappa shape index (κ1) is 18.6. The van der Waals surface area contributed by atoms with Gasteiger partial charge in [0, 0.05) is 12.6 Å². The summed E-state index contributed by atoms with van der Waals surface area (Å²) >= 11 is 0. The molecule has 0 unspecified atom stereocenters. The molecule has 27 heavy (non-hydrogen) atoms. The zero-order chi connectivity index (χ0) is 19.2. The number of benzene rings is 2. The smallest absolute Gasteiger partial charge is 0.261 e. The third-order valence-corrected chi connectivity index (χ3v) is 4.01. The Morgan fingerprint density at radius 3 is 2.15 bits per heavy atom. The molecule has 3 amide bonds. The summed E-state index contributed by atoms with van der Waals surface area (Å²) in [7, 11) is 0. The van der Waals surface area contributed by atoms with E-state index in [0.29, 0.717) is 35.8 Å². The monoisotopic (exact) mass is 368 g/mol. The van der Waals surface area contributed by atoms with Gasteiger partial charge in [-0.05, 0) is 36.4 Å². The van der Waals surface area contributed by atoms with Crippen molar-refractivity contribution in [1.29, 1.82) is 0 Å². The Morgan fingerprint density at radius 2 is 1.56 bits per heavy atom. The van der Waals surface area contributed by atoms with E-state index in [1.54, 1.807) is 48.5 Å². The van der Waals surface area contributed by atoms with Gasteiger partial charge in [0.15, 0.2) is 0 Å².